The highest BCUT2D eigenvalue weighted by atomic mass is 19.1. The molecular formula is C21H25FN2O. The van der Waals surface area contributed by atoms with E-state index < -0.39 is 6.30 Å². The Kier molecular flexibility index (Phi) is 6.31. The van der Waals surface area contributed by atoms with Crippen molar-refractivity contribution in [2.45, 2.75) is 25.7 Å². The summed E-state index contributed by atoms with van der Waals surface area (Å²) in [6.07, 6.45) is -0.506. The summed E-state index contributed by atoms with van der Waals surface area (Å²) in [5.74, 6) is 0.0194. The molecular weight excluding hydrogens is 315 g/mol. The van der Waals surface area contributed by atoms with Crippen molar-refractivity contribution in [1.82, 2.24) is 9.80 Å². The van der Waals surface area contributed by atoms with Crippen LogP contribution in [0.1, 0.15) is 28.8 Å². The summed E-state index contributed by atoms with van der Waals surface area (Å²) in [7, 11) is 0. The first-order chi connectivity index (χ1) is 12.2. The Morgan fingerprint density at radius 3 is 2.16 bits per heavy atom. The van der Waals surface area contributed by atoms with Gasteiger partial charge in [0.1, 0.15) is 0 Å². The molecule has 0 aromatic heterocycles. The van der Waals surface area contributed by atoms with Gasteiger partial charge in [0.2, 0.25) is 0 Å². The standard InChI is InChI=1S/C21H25FN2O/c22-21(12-11-20(25)19-9-5-2-6-10-19)24-15-13-23(14-16-24)17-18-7-3-1-4-8-18/h1-10,21H,11-17H2. The molecule has 0 bridgehead atoms. The molecule has 1 unspecified atom stereocenters. The number of hydrogen-bond donors (Lipinski definition) is 0. The minimum atomic E-state index is -1.04. The van der Waals surface area contributed by atoms with E-state index in [1.807, 2.05) is 41.3 Å². The summed E-state index contributed by atoms with van der Waals surface area (Å²) in [6, 6.07) is 19.5. The number of benzene rings is 2. The molecule has 0 saturated carbocycles. The SMILES string of the molecule is O=C(CCC(F)N1CCN(Cc2ccccc2)CC1)c1ccccc1. The minimum absolute atomic E-state index is 0.0194. The van der Waals surface area contributed by atoms with Crippen molar-refractivity contribution in [2.24, 2.45) is 0 Å². The molecule has 2 aromatic carbocycles. The molecule has 2 aromatic rings. The second-order valence-electron chi connectivity index (χ2n) is 6.56. The molecule has 0 amide bonds. The first-order valence-electron chi connectivity index (χ1n) is 8.95. The topological polar surface area (TPSA) is 23.6 Å². The van der Waals surface area contributed by atoms with Crippen LogP contribution in [0.2, 0.25) is 0 Å². The zero-order chi connectivity index (χ0) is 17.5. The number of carbonyl (C=O) groups excluding carboxylic acids is 1. The van der Waals surface area contributed by atoms with E-state index in [1.165, 1.54) is 5.56 Å². The highest BCUT2D eigenvalue weighted by Gasteiger charge is 2.24. The Morgan fingerprint density at radius 1 is 0.920 bits per heavy atom. The average molecular weight is 340 g/mol. The van der Waals surface area contributed by atoms with Gasteiger partial charge in [-0.1, -0.05) is 60.7 Å². The average Bonchev–Trinajstić information content (AvgIpc) is 2.68. The highest BCUT2D eigenvalue weighted by Crippen LogP contribution is 2.16. The highest BCUT2D eigenvalue weighted by molar-refractivity contribution is 5.95. The van der Waals surface area contributed by atoms with E-state index in [1.54, 1.807) is 12.1 Å². The van der Waals surface area contributed by atoms with E-state index in [0.29, 0.717) is 18.7 Å². The Balaban J connectivity index is 1.41. The lowest BCUT2D eigenvalue weighted by atomic mass is 10.1. The van der Waals surface area contributed by atoms with Crippen molar-refractivity contribution in [3.05, 3.63) is 71.8 Å². The fraction of sp³-hybridized carbons (Fsp3) is 0.381. The fourth-order valence-electron chi connectivity index (χ4n) is 3.24. The maximum atomic E-state index is 14.5. The molecule has 0 radical (unpaired) electrons. The van der Waals surface area contributed by atoms with Crippen molar-refractivity contribution >= 4 is 5.78 Å². The van der Waals surface area contributed by atoms with Crippen LogP contribution in [0.5, 0.6) is 0 Å². The molecule has 1 atom stereocenters. The third kappa shape index (κ3) is 5.21. The van der Waals surface area contributed by atoms with Gasteiger partial charge in [-0.05, 0) is 12.0 Å². The summed E-state index contributed by atoms with van der Waals surface area (Å²) in [6.45, 7) is 4.07. The van der Waals surface area contributed by atoms with Crippen molar-refractivity contribution in [2.75, 3.05) is 26.2 Å². The Hall–Kier alpha value is -2.04. The molecule has 3 nitrogen and oxygen atoms in total. The van der Waals surface area contributed by atoms with E-state index in [2.05, 4.69) is 17.0 Å². The van der Waals surface area contributed by atoms with E-state index in [4.69, 9.17) is 0 Å². The second kappa shape index (κ2) is 8.88. The number of alkyl halides is 1. The molecule has 4 heteroatoms. The summed E-state index contributed by atoms with van der Waals surface area (Å²) in [5.41, 5.74) is 1.96. The van der Waals surface area contributed by atoms with Crippen molar-refractivity contribution in [3.8, 4) is 0 Å². The molecule has 0 aliphatic carbocycles. The molecule has 132 valence electrons. The van der Waals surface area contributed by atoms with Crippen LogP contribution in [0.3, 0.4) is 0 Å². The Bertz CT molecular complexity index is 654. The van der Waals surface area contributed by atoms with Crippen LogP contribution in [-0.2, 0) is 6.54 Å². The Morgan fingerprint density at radius 2 is 1.52 bits per heavy atom. The second-order valence-corrected chi connectivity index (χ2v) is 6.56. The lowest BCUT2D eigenvalue weighted by Crippen LogP contribution is -2.48. The number of ketones is 1. The smallest absolute Gasteiger partial charge is 0.163 e. The third-order valence-corrected chi connectivity index (χ3v) is 4.76. The van der Waals surface area contributed by atoms with Crippen LogP contribution < -0.4 is 0 Å². The third-order valence-electron chi connectivity index (χ3n) is 4.76. The summed E-state index contributed by atoms with van der Waals surface area (Å²) < 4.78 is 14.5. The molecule has 0 N–H and O–H groups in total. The number of hydrogen-bond acceptors (Lipinski definition) is 3. The van der Waals surface area contributed by atoms with E-state index in [9.17, 15) is 9.18 Å². The molecule has 0 spiro atoms. The van der Waals surface area contributed by atoms with Crippen molar-refractivity contribution in [3.63, 3.8) is 0 Å². The molecule has 1 aliphatic heterocycles. The van der Waals surface area contributed by atoms with Gasteiger partial charge in [-0.3, -0.25) is 14.6 Å². The van der Waals surface area contributed by atoms with Gasteiger partial charge >= 0.3 is 0 Å². The van der Waals surface area contributed by atoms with Gasteiger partial charge in [-0.2, -0.15) is 0 Å². The Labute approximate surface area is 149 Å². The summed E-state index contributed by atoms with van der Waals surface area (Å²) >= 11 is 0. The van der Waals surface area contributed by atoms with Gasteiger partial charge in [-0.25, -0.2) is 4.39 Å². The van der Waals surface area contributed by atoms with Gasteiger partial charge < -0.3 is 0 Å². The van der Waals surface area contributed by atoms with E-state index in [-0.39, 0.29) is 18.6 Å². The van der Waals surface area contributed by atoms with E-state index >= 15 is 0 Å². The molecule has 1 fully saturated rings. The zero-order valence-corrected chi connectivity index (χ0v) is 14.5. The first-order valence-corrected chi connectivity index (χ1v) is 8.95. The predicted molar refractivity (Wildman–Crippen MR) is 98.2 cm³/mol. The van der Waals surface area contributed by atoms with Crippen LogP contribution in [0, 0.1) is 0 Å². The van der Waals surface area contributed by atoms with Crippen LogP contribution in [0.15, 0.2) is 60.7 Å². The number of carbonyl (C=O) groups is 1. The monoisotopic (exact) mass is 340 g/mol. The van der Waals surface area contributed by atoms with Crippen molar-refractivity contribution < 1.29 is 9.18 Å². The maximum absolute atomic E-state index is 14.5. The molecule has 1 heterocycles. The fourth-order valence-corrected chi connectivity index (χ4v) is 3.24. The van der Waals surface area contributed by atoms with Gasteiger partial charge in [0, 0.05) is 44.7 Å². The molecule has 1 aliphatic rings. The molecule has 25 heavy (non-hydrogen) atoms. The largest absolute Gasteiger partial charge is 0.297 e. The molecule has 1 saturated heterocycles. The van der Waals surface area contributed by atoms with Crippen LogP contribution in [-0.4, -0.2) is 48.1 Å². The number of halogens is 1. The first kappa shape index (κ1) is 17.8. The zero-order valence-electron chi connectivity index (χ0n) is 14.5. The van der Waals surface area contributed by atoms with Crippen LogP contribution >= 0.6 is 0 Å². The van der Waals surface area contributed by atoms with Gasteiger partial charge in [0.25, 0.3) is 0 Å². The van der Waals surface area contributed by atoms with Gasteiger partial charge in [0.15, 0.2) is 12.1 Å². The summed E-state index contributed by atoms with van der Waals surface area (Å²) in [4.78, 5) is 16.3. The lowest BCUT2D eigenvalue weighted by Gasteiger charge is -2.36. The van der Waals surface area contributed by atoms with Gasteiger partial charge in [0.05, 0.1) is 0 Å². The van der Waals surface area contributed by atoms with Crippen LogP contribution in [0.4, 0.5) is 4.39 Å². The quantitative estimate of drug-likeness (QED) is 0.566. The minimum Gasteiger partial charge on any atom is -0.297 e. The predicted octanol–water partition coefficient (Wildman–Crippen LogP) is 3.76. The number of piperazine rings is 1. The van der Waals surface area contributed by atoms with Crippen molar-refractivity contribution in [1.29, 1.82) is 0 Å². The van der Waals surface area contributed by atoms with E-state index in [0.717, 1.165) is 19.6 Å². The normalized spacial score (nSPS) is 17.3. The maximum Gasteiger partial charge on any atom is 0.163 e. The number of rotatable bonds is 7. The molecule has 3 rings (SSSR count). The summed E-state index contributed by atoms with van der Waals surface area (Å²) in [5, 5.41) is 0. The number of nitrogens with zero attached hydrogens (tertiary/aromatic N) is 2. The number of Topliss-reactive ketones (excluding diaryl/α,β-unsaturated/α-hetero) is 1. The van der Waals surface area contributed by atoms with Gasteiger partial charge in [-0.15, -0.1) is 0 Å². The van der Waals surface area contributed by atoms with Crippen LogP contribution in [0.25, 0.3) is 0 Å². The lowest BCUT2D eigenvalue weighted by molar-refractivity contribution is 0.0237.